The van der Waals surface area contributed by atoms with Crippen molar-refractivity contribution in [2.45, 2.75) is 13.8 Å². The van der Waals surface area contributed by atoms with E-state index in [1.807, 2.05) is 42.9 Å². The molecule has 66 valence electrons. The van der Waals surface area contributed by atoms with E-state index in [0.717, 1.165) is 11.4 Å². The minimum absolute atomic E-state index is 0.619. The van der Waals surface area contributed by atoms with Crippen LogP contribution in [0.15, 0.2) is 24.5 Å². The molecule has 0 saturated carbocycles. The van der Waals surface area contributed by atoms with Crippen molar-refractivity contribution in [3.05, 3.63) is 35.9 Å². The quantitative estimate of drug-likeness (QED) is 0.654. The van der Waals surface area contributed by atoms with Crippen molar-refractivity contribution >= 4 is 0 Å². The predicted molar refractivity (Wildman–Crippen MR) is 48.6 cm³/mol. The summed E-state index contributed by atoms with van der Waals surface area (Å²) in [4.78, 5) is 4.30. The first-order valence-corrected chi connectivity index (χ1v) is 4.08. The molecule has 2 rings (SSSR count). The zero-order chi connectivity index (χ0) is 9.26. The molecular formula is C9H10N4. The minimum atomic E-state index is 0.619. The lowest BCUT2D eigenvalue weighted by atomic mass is 10.4. The first-order chi connectivity index (χ1) is 6.27. The molecule has 0 amide bonds. The average molecular weight is 174 g/mol. The van der Waals surface area contributed by atoms with Crippen LogP contribution >= 0.6 is 0 Å². The Morgan fingerprint density at radius 1 is 1.00 bits per heavy atom. The number of rotatable bonds is 1. The first-order valence-electron chi connectivity index (χ1n) is 4.08. The fraction of sp³-hybridized carbons (Fsp3) is 0.222. The van der Waals surface area contributed by atoms with E-state index in [2.05, 4.69) is 15.2 Å². The van der Waals surface area contributed by atoms with Gasteiger partial charge in [-0.25, -0.2) is 4.98 Å². The van der Waals surface area contributed by atoms with E-state index in [9.17, 15) is 0 Å². The van der Waals surface area contributed by atoms with Gasteiger partial charge in [-0.2, -0.15) is 5.10 Å². The highest BCUT2D eigenvalue weighted by molar-refractivity contribution is 5.16. The average Bonchev–Trinajstić information content (AvgIpc) is 2.62. The molecule has 0 fully saturated rings. The second kappa shape index (κ2) is 2.97. The smallest absolute Gasteiger partial charge is 0.253 e. The molecule has 0 unspecified atom stereocenters. The van der Waals surface area contributed by atoms with Gasteiger partial charge in [0.1, 0.15) is 0 Å². The summed E-state index contributed by atoms with van der Waals surface area (Å²) in [7, 11) is 0. The Bertz CT molecular complexity index is 406. The van der Waals surface area contributed by atoms with Crippen LogP contribution in [0.1, 0.15) is 11.4 Å². The van der Waals surface area contributed by atoms with Crippen LogP contribution in [0.2, 0.25) is 0 Å². The van der Waals surface area contributed by atoms with Crippen LogP contribution in [0, 0.1) is 13.8 Å². The van der Waals surface area contributed by atoms with E-state index >= 15 is 0 Å². The van der Waals surface area contributed by atoms with Crippen LogP contribution in [0.25, 0.3) is 5.95 Å². The lowest BCUT2D eigenvalue weighted by Crippen LogP contribution is -2.04. The normalized spacial score (nSPS) is 10.3. The third-order valence-electron chi connectivity index (χ3n) is 1.92. The van der Waals surface area contributed by atoms with Crippen molar-refractivity contribution in [1.82, 2.24) is 19.7 Å². The van der Waals surface area contributed by atoms with E-state index in [4.69, 9.17) is 0 Å². The Kier molecular flexibility index (Phi) is 1.81. The summed E-state index contributed by atoms with van der Waals surface area (Å²) in [6.45, 7) is 3.83. The zero-order valence-electron chi connectivity index (χ0n) is 7.60. The van der Waals surface area contributed by atoms with E-state index in [1.165, 1.54) is 0 Å². The van der Waals surface area contributed by atoms with Crippen molar-refractivity contribution < 1.29 is 0 Å². The molecule has 0 atom stereocenters. The molecule has 0 bridgehead atoms. The zero-order valence-corrected chi connectivity index (χ0v) is 7.60. The SMILES string of the molecule is Cc1nnc(-n2cccc2)nc1C. The number of nitrogens with zero attached hydrogens (tertiary/aromatic N) is 4. The Morgan fingerprint density at radius 2 is 1.69 bits per heavy atom. The molecule has 0 radical (unpaired) electrons. The molecule has 0 aliphatic heterocycles. The highest BCUT2D eigenvalue weighted by Crippen LogP contribution is 2.02. The van der Waals surface area contributed by atoms with Crippen molar-refractivity contribution in [1.29, 1.82) is 0 Å². The standard InChI is InChI=1S/C9H10N4/c1-7-8(2)11-12-9(10-7)13-5-3-4-6-13/h3-6H,1-2H3. The summed E-state index contributed by atoms with van der Waals surface area (Å²) in [6.07, 6.45) is 3.79. The third kappa shape index (κ3) is 1.42. The third-order valence-corrected chi connectivity index (χ3v) is 1.92. The monoisotopic (exact) mass is 174 g/mol. The van der Waals surface area contributed by atoms with Gasteiger partial charge in [0.05, 0.1) is 11.4 Å². The van der Waals surface area contributed by atoms with E-state index in [0.29, 0.717) is 5.95 Å². The summed E-state index contributed by atoms with van der Waals surface area (Å²) in [6, 6.07) is 3.86. The number of aryl methyl sites for hydroxylation is 2. The number of hydrogen-bond acceptors (Lipinski definition) is 3. The molecular weight excluding hydrogens is 164 g/mol. The molecule has 0 spiro atoms. The topological polar surface area (TPSA) is 43.6 Å². The van der Waals surface area contributed by atoms with Crippen LogP contribution in [-0.2, 0) is 0 Å². The van der Waals surface area contributed by atoms with E-state index in [1.54, 1.807) is 0 Å². The van der Waals surface area contributed by atoms with Gasteiger partial charge in [-0.3, -0.25) is 4.57 Å². The fourth-order valence-electron chi connectivity index (χ4n) is 1.02. The van der Waals surface area contributed by atoms with Crippen molar-refractivity contribution in [3.8, 4) is 5.95 Å². The van der Waals surface area contributed by atoms with Gasteiger partial charge in [0.2, 0.25) is 0 Å². The highest BCUT2D eigenvalue weighted by Gasteiger charge is 2.01. The summed E-state index contributed by atoms with van der Waals surface area (Å²) < 4.78 is 1.83. The maximum absolute atomic E-state index is 4.30. The van der Waals surface area contributed by atoms with Gasteiger partial charge in [-0.05, 0) is 26.0 Å². The Labute approximate surface area is 76.3 Å². The Balaban J connectivity index is 2.49. The molecule has 13 heavy (non-hydrogen) atoms. The molecule has 0 aliphatic rings. The summed E-state index contributed by atoms with van der Waals surface area (Å²) in [5.74, 6) is 0.619. The van der Waals surface area contributed by atoms with Crippen LogP contribution in [0.3, 0.4) is 0 Å². The van der Waals surface area contributed by atoms with Crippen molar-refractivity contribution in [2.24, 2.45) is 0 Å². The van der Waals surface area contributed by atoms with Crippen molar-refractivity contribution in [2.75, 3.05) is 0 Å². The van der Waals surface area contributed by atoms with E-state index < -0.39 is 0 Å². The van der Waals surface area contributed by atoms with E-state index in [-0.39, 0.29) is 0 Å². The van der Waals surface area contributed by atoms with Gasteiger partial charge < -0.3 is 0 Å². The maximum atomic E-state index is 4.30. The second-order valence-electron chi connectivity index (χ2n) is 2.87. The molecule has 2 aromatic rings. The van der Waals surface area contributed by atoms with Gasteiger partial charge in [-0.1, -0.05) is 0 Å². The van der Waals surface area contributed by atoms with Gasteiger partial charge in [0.25, 0.3) is 5.95 Å². The molecule has 0 aromatic carbocycles. The fourth-order valence-corrected chi connectivity index (χ4v) is 1.02. The second-order valence-corrected chi connectivity index (χ2v) is 2.87. The van der Waals surface area contributed by atoms with Gasteiger partial charge in [0.15, 0.2) is 0 Å². The molecule has 0 saturated heterocycles. The molecule has 4 heteroatoms. The lowest BCUT2D eigenvalue weighted by Gasteiger charge is -2.01. The maximum Gasteiger partial charge on any atom is 0.253 e. The molecule has 0 N–H and O–H groups in total. The van der Waals surface area contributed by atoms with Gasteiger partial charge in [-0.15, -0.1) is 5.10 Å². The molecule has 2 heterocycles. The van der Waals surface area contributed by atoms with Crippen LogP contribution in [0.4, 0.5) is 0 Å². The number of aromatic nitrogens is 4. The van der Waals surface area contributed by atoms with Gasteiger partial charge in [0, 0.05) is 12.4 Å². The lowest BCUT2D eigenvalue weighted by molar-refractivity contribution is 0.818. The summed E-state index contributed by atoms with van der Waals surface area (Å²) >= 11 is 0. The largest absolute Gasteiger partial charge is 0.291 e. The molecule has 4 nitrogen and oxygen atoms in total. The highest BCUT2D eigenvalue weighted by atomic mass is 15.3. The predicted octanol–water partition coefficient (Wildman–Crippen LogP) is 1.28. The van der Waals surface area contributed by atoms with Crippen LogP contribution in [0.5, 0.6) is 0 Å². The van der Waals surface area contributed by atoms with Crippen LogP contribution in [-0.4, -0.2) is 19.7 Å². The first kappa shape index (κ1) is 7.91. The van der Waals surface area contributed by atoms with Crippen LogP contribution < -0.4 is 0 Å². The Morgan fingerprint density at radius 3 is 2.31 bits per heavy atom. The number of hydrogen-bond donors (Lipinski definition) is 0. The van der Waals surface area contributed by atoms with Crippen molar-refractivity contribution in [3.63, 3.8) is 0 Å². The van der Waals surface area contributed by atoms with Gasteiger partial charge >= 0.3 is 0 Å². The molecule has 2 aromatic heterocycles. The summed E-state index contributed by atoms with van der Waals surface area (Å²) in [5.41, 5.74) is 1.79. The minimum Gasteiger partial charge on any atom is -0.291 e. The summed E-state index contributed by atoms with van der Waals surface area (Å²) in [5, 5.41) is 7.98. The molecule has 0 aliphatic carbocycles. The Hall–Kier alpha value is -1.71.